The first-order chi connectivity index (χ1) is 7.20. The smallest absolute Gasteiger partial charge is 0.179 e. The number of hydrogen-bond donors (Lipinski definition) is 2. The van der Waals surface area contributed by atoms with Crippen LogP contribution >= 0.6 is 23.2 Å². The third-order valence-electron chi connectivity index (χ3n) is 2.00. The van der Waals surface area contributed by atoms with Gasteiger partial charge in [-0.1, -0.05) is 23.2 Å². The number of aromatic amines is 1. The SMILES string of the molecule is OCCCc1nc2nc(Cl)c(Cl)cc2[nH]1. The third kappa shape index (κ3) is 2.22. The average Bonchev–Trinajstić information content (AvgIpc) is 2.58. The second-order valence-electron chi connectivity index (χ2n) is 3.14. The van der Waals surface area contributed by atoms with Gasteiger partial charge in [0, 0.05) is 13.0 Å². The van der Waals surface area contributed by atoms with Gasteiger partial charge in [0.1, 0.15) is 11.0 Å². The molecule has 2 rings (SSSR count). The van der Waals surface area contributed by atoms with Gasteiger partial charge in [-0.15, -0.1) is 0 Å². The molecule has 0 bridgehead atoms. The number of H-pyrrole nitrogens is 1. The summed E-state index contributed by atoms with van der Waals surface area (Å²) in [7, 11) is 0. The number of rotatable bonds is 3. The zero-order valence-corrected chi connectivity index (χ0v) is 9.31. The predicted molar refractivity (Wildman–Crippen MR) is 59.3 cm³/mol. The number of fused-ring (bicyclic) bond motifs is 1. The summed E-state index contributed by atoms with van der Waals surface area (Å²) < 4.78 is 0. The van der Waals surface area contributed by atoms with Gasteiger partial charge in [0.2, 0.25) is 0 Å². The van der Waals surface area contributed by atoms with E-state index < -0.39 is 0 Å². The monoisotopic (exact) mass is 245 g/mol. The van der Waals surface area contributed by atoms with Gasteiger partial charge in [0.15, 0.2) is 5.65 Å². The maximum absolute atomic E-state index is 8.69. The Morgan fingerprint density at radius 3 is 2.87 bits per heavy atom. The van der Waals surface area contributed by atoms with E-state index in [9.17, 15) is 0 Å². The molecular formula is C9H9Cl2N3O. The zero-order valence-electron chi connectivity index (χ0n) is 7.80. The van der Waals surface area contributed by atoms with Crippen molar-refractivity contribution in [3.05, 3.63) is 22.1 Å². The Kier molecular flexibility index (Phi) is 3.09. The van der Waals surface area contributed by atoms with Gasteiger partial charge in [0.25, 0.3) is 0 Å². The Balaban J connectivity index is 2.38. The molecule has 15 heavy (non-hydrogen) atoms. The average molecular weight is 246 g/mol. The molecule has 0 atom stereocenters. The van der Waals surface area contributed by atoms with Crippen LogP contribution in [0.2, 0.25) is 10.2 Å². The van der Waals surface area contributed by atoms with Gasteiger partial charge in [-0.3, -0.25) is 0 Å². The molecule has 4 nitrogen and oxygen atoms in total. The normalized spacial score (nSPS) is 11.1. The first-order valence-electron chi connectivity index (χ1n) is 4.52. The molecule has 2 aromatic heterocycles. The van der Waals surface area contributed by atoms with Crippen LogP contribution in [0.4, 0.5) is 0 Å². The Hall–Kier alpha value is -0.840. The molecule has 0 radical (unpaired) electrons. The van der Waals surface area contributed by atoms with Crippen LogP contribution in [0.25, 0.3) is 11.2 Å². The first-order valence-corrected chi connectivity index (χ1v) is 5.28. The standard InChI is InChI=1S/C9H9Cl2N3O/c10-5-4-6-9(14-8(5)11)13-7(12-6)2-1-3-15/h4,15H,1-3H2,(H,12,13,14). The van der Waals surface area contributed by atoms with Gasteiger partial charge in [-0.2, -0.15) is 0 Å². The Bertz CT molecular complexity index is 444. The van der Waals surface area contributed by atoms with Gasteiger partial charge in [-0.05, 0) is 12.5 Å². The number of halogens is 2. The lowest BCUT2D eigenvalue weighted by Gasteiger charge is -1.92. The van der Waals surface area contributed by atoms with E-state index in [1.165, 1.54) is 0 Å². The molecule has 0 spiro atoms. The van der Waals surface area contributed by atoms with Crippen LogP contribution < -0.4 is 0 Å². The van der Waals surface area contributed by atoms with Crippen molar-refractivity contribution in [1.29, 1.82) is 0 Å². The zero-order chi connectivity index (χ0) is 10.8. The molecule has 0 aromatic carbocycles. The first kappa shape index (κ1) is 10.7. The van der Waals surface area contributed by atoms with Crippen LogP contribution in [0.5, 0.6) is 0 Å². The lowest BCUT2D eigenvalue weighted by atomic mass is 10.3. The second-order valence-corrected chi connectivity index (χ2v) is 3.91. The van der Waals surface area contributed by atoms with Gasteiger partial charge >= 0.3 is 0 Å². The molecule has 0 fully saturated rings. The summed E-state index contributed by atoms with van der Waals surface area (Å²) in [6.07, 6.45) is 1.35. The summed E-state index contributed by atoms with van der Waals surface area (Å²) in [5.41, 5.74) is 1.31. The van der Waals surface area contributed by atoms with E-state index in [1.807, 2.05) is 0 Å². The van der Waals surface area contributed by atoms with Crippen molar-refractivity contribution in [3.8, 4) is 0 Å². The topological polar surface area (TPSA) is 61.8 Å². The summed E-state index contributed by atoms with van der Waals surface area (Å²) in [5.74, 6) is 0.782. The highest BCUT2D eigenvalue weighted by atomic mass is 35.5. The lowest BCUT2D eigenvalue weighted by Crippen LogP contribution is -1.91. The lowest BCUT2D eigenvalue weighted by molar-refractivity contribution is 0.287. The van der Waals surface area contributed by atoms with E-state index in [0.717, 1.165) is 11.3 Å². The number of nitrogens with one attached hydrogen (secondary N) is 1. The fourth-order valence-corrected chi connectivity index (χ4v) is 1.60. The Morgan fingerprint density at radius 2 is 2.13 bits per heavy atom. The summed E-state index contributed by atoms with van der Waals surface area (Å²) in [6.45, 7) is 0.145. The van der Waals surface area contributed by atoms with E-state index in [0.29, 0.717) is 23.5 Å². The van der Waals surface area contributed by atoms with Gasteiger partial charge in [0.05, 0.1) is 10.5 Å². The van der Waals surface area contributed by atoms with E-state index in [1.54, 1.807) is 6.07 Å². The molecule has 80 valence electrons. The van der Waals surface area contributed by atoms with Crippen molar-refractivity contribution >= 4 is 34.4 Å². The van der Waals surface area contributed by atoms with Crippen molar-refractivity contribution in [2.45, 2.75) is 12.8 Å². The van der Waals surface area contributed by atoms with Gasteiger partial charge < -0.3 is 10.1 Å². The van der Waals surface area contributed by atoms with Crippen molar-refractivity contribution in [1.82, 2.24) is 15.0 Å². The van der Waals surface area contributed by atoms with Gasteiger partial charge in [-0.25, -0.2) is 9.97 Å². The number of nitrogens with zero attached hydrogens (tertiary/aromatic N) is 2. The molecule has 0 amide bonds. The minimum Gasteiger partial charge on any atom is -0.396 e. The van der Waals surface area contributed by atoms with E-state index >= 15 is 0 Å². The van der Waals surface area contributed by atoms with E-state index in [4.69, 9.17) is 28.3 Å². The Labute approximate surface area is 96.3 Å². The third-order valence-corrected chi connectivity index (χ3v) is 2.68. The number of aliphatic hydroxyl groups is 1. The molecule has 0 aliphatic heterocycles. The molecule has 0 saturated heterocycles. The highest BCUT2D eigenvalue weighted by molar-refractivity contribution is 6.41. The van der Waals surface area contributed by atoms with Crippen LogP contribution in [0, 0.1) is 0 Å². The molecule has 2 aromatic rings. The maximum Gasteiger partial charge on any atom is 0.179 e. The highest BCUT2D eigenvalue weighted by Crippen LogP contribution is 2.23. The highest BCUT2D eigenvalue weighted by Gasteiger charge is 2.07. The number of aryl methyl sites for hydroxylation is 1. The van der Waals surface area contributed by atoms with Crippen molar-refractivity contribution in [3.63, 3.8) is 0 Å². The number of aliphatic hydroxyl groups excluding tert-OH is 1. The molecule has 2 N–H and O–H groups in total. The van der Waals surface area contributed by atoms with Crippen molar-refractivity contribution in [2.24, 2.45) is 0 Å². The summed E-state index contributed by atoms with van der Waals surface area (Å²) in [5, 5.41) is 9.35. The minimum atomic E-state index is 0.145. The predicted octanol–water partition coefficient (Wildman–Crippen LogP) is 2.19. The maximum atomic E-state index is 8.69. The summed E-state index contributed by atoms with van der Waals surface area (Å²) in [4.78, 5) is 11.3. The molecule has 6 heteroatoms. The summed E-state index contributed by atoms with van der Waals surface area (Å²) >= 11 is 11.6. The number of imidazole rings is 1. The molecule has 0 aliphatic carbocycles. The van der Waals surface area contributed by atoms with Crippen molar-refractivity contribution < 1.29 is 5.11 Å². The molecule has 0 aliphatic rings. The van der Waals surface area contributed by atoms with E-state index in [-0.39, 0.29) is 11.8 Å². The van der Waals surface area contributed by atoms with Crippen LogP contribution in [0.15, 0.2) is 6.07 Å². The quantitative estimate of drug-likeness (QED) is 0.816. The molecular weight excluding hydrogens is 237 g/mol. The van der Waals surface area contributed by atoms with Crippen LogP contribution in [-0.2, 0) is 6.42 Å². The molecule has 0 unspecified atom stereocenters. The van der Waals surface area contributed by atoms with Crippen LogP contribution in [-0.4, -0.2) is 26.7 Å². The number of pyridine rings is 1. The fourth-order valence-electron chi connectivity index (χ4n) is 1.31. The Morgan fingerprint density at radius 1 is 1.33 bits per heavy atom. The fraction of sp³-hybridized carbons (Fsp3) is 0.333. The van der Waals surface area contributed by atoms with E-state index in [2.05, 4.69) is 15.0 Å². The minimum absolute atomic E-state index is 0.145. The van der Waals surface area contributed by atoms with Crippen LogP contribution in [0.3, 0.4) is 0 Å². The molecule has 0 saturated carbocycles. The second kappa shape index (κ2) is 4.35. The number of aromatic nitrogens is 3. The molecule has 2 heterocycles. The number of hydrogen-bond acceptors (Lipinski definition) is 3. The largest absolute Gasteiger partial charge is 0.396 e. The van der Waals surface area contributed by atoms with Crippen molar-refractivity contribution in [2.75, 3.05) is 6.61 Å². The van der Waals surface area contributed by atoms with Crippen LogP contribution in [0.1, 0.15) is 12.2 Å². The summed E-state index contributed by atoms with van der Waals surface area (Å²) in [6, 6.07) is 1.70.